The van der Waals surface area contributed by atoms with Crippen molar-refractivity contribution in [2.45, 2.75) is 53.8 Å². The van der Waals surface area contributed by atoms with E-state index in [1.165, 1.54) is 0 Å². The number of benzene rings is 3. The third-order valence-corrected chi connectivity index (χ3v) is 6.89. The van der Waals surface area contributed by atoms with Gasteiger partial charge in [-0.2, -0.15) is 0 Å². The first-order chi connectivity index (χ1) is 21.3. The van der Waals surface area contributed by atoms with Crippen LogP contribution in [0, 0.1) is 13.8 Å². The third kappa shape index (κ3) is 8.95. The number of carbonyl (C=O) groups is 1. The molecular weight excluding hydrogens is 564 g/mol. The topological polar surface area (TPSA) is 90.9 Å². The number of carbonyl (C=O) groups excluding carboxylic acids is 1. The van der Waals surface area contributed by atoms with Crippen molar-refractivity contribution in [2.24, 2.45) is 0 Å². The van der Waals surface area contributed by atoms with Crippen molar-refractivity contribution < 1.29 is 42.7 Å². The Hall–Kier alpha value is -3.63. The van der Waals surface area contributed by atoms with Gasteiger partial charge in [-0.15, -0.1) is 0 Å². The molecule has 0 atom stereocenters. The van der Waals surface area contributed by atoms with Crippen LogP contribution in [-0.4, -0.2) is 61.2 Å². The summed E-state index contributed by atoms with van der Waals surface area (Å²) in [5.41, 5.74) is 8.12. The molecule has 0 unspecified atom stereocenters. The number of methoxy groups -OCH3 is 4. The van der Waals surface area contributed by atoms with Crippen molar-refractivity contribution in [3.8, 4) is 39.5 Å². The zero-order chi connectivity index (χ0) is 32.1. The van der Waals surface area contributed by atoms with Crippen LogP contribution < -0.4 is 14.2 Å². The van der Waals surface area contributed by atoms with E-state index in [1.54, 1.807) is 35.4 Å². The molecule has 3 rings (SSSR count). The number of hydrogen-bond acceptors (Lipinski definition) is 9. The molecule has 240 valence electrons. The molecule has 0 bridgehead atoms. The number of ether oxygens (including phenoxy) is 8. The minimum absolute atomic E-state index is 0.160. The van der Waals surface area contributed by atoms with Crippen LogP contribution in [0.15, 0.2) is 36.4 Å². The summed E-state index contributed by atoms with van der Waals surface area (Å²) in [5.74, 6) is 1.77. The highest BCUT2D eigenvalue weighted by Gasteiger charge is 2.24. The quantitative estimate of drug-likeness (QED) is 0.0877. The summed E-state index contributed by atoms with van der Waals surface area (Å²) in [5, 5.41) is 0. The Kier molecular flexibility index (Phi) is 14.0. The van der Waals surface area contributed by atoms with E-state index < -0.39 is 0 Å². The van der Waals surface area contributed by atoms with Gasteiger partial charge in [-0.1, -0.05) is 12.1 Å². The summed E-state index contributed by atoms with van der Waals surface area (Å²) in [6, 6.07) is 12.4. The van der Waals surface area contributed by atoms with E-state index in [2.05, 4.69) is 24.3 Å². The molecule has 0 N–H and O–H groups in total. The summed E-state index contributed by atoms with van der Waals surface area (Å²) < 4.78 is 45.3. The van der Waals surface area contributed by atoms with Crippen LogP contribution in [0.2, 0.25) is 0 Å². The van der Waals surface area contributed by atoms with Gasteiger partial charge in [0.15, 0.2) is 0 Å². The van der Waals surface area contributed by atoms with Gasteiger partial charge in [0.25, 0.3) is 0 Å². The summed E-state index contributed by atoms with van der Waals surface area (Å²) in [6.45, 7) is 9.53. The van der Waals surface area contributed by atoms with E-state index in [4.69, 9.17) is 37.9 Å². The molecule has 0 saturated carbocycles. The molecule has 9 nitrogen and oxygen atoms in total. The summed E-state index contributed by atoms with van der Waals surface area (Å²) in [6.07, 6.45) is 0.712. The lowest BCUT2D eigenvalue weighted by Gasteiger charge is -2.23. The fourth-order valence-corrected chi connectivity index (χ4v) is 5.28. The molecular formula is C35H46O9. The van der Waals surface area contributed by atoms with E-state index in [0.717, 1.165) is 50.1 Å². The second-order valence-corrected chi connectivity index (χ2v) is 10.3. The van der Waals surface area contributed by atoms with Crippen LogP contribution in [-0.2, 0) is 48.1 Å². The molecule has 3 aromatic rings. The molecule has 0 heterocycles. The Morgan fingerprint density at radius 2 is 1.11 bits per heavy atom. The second kappa shape index (κ2) is 17.6. The maximum absolute atomic E-state index is 12.4. The molecule has 3 aromatic carbocycles. The first-order valence-electron chi connectivity index (χ1n) is 14.8. The molecule has 9 heteroatoms. The molecule has 0 amide bonds. The SMILES string of the molecule is CCOC(=O)CCc1cc(-c2cc(C)cc(COCOC)c2OC)c(OCC)c(-c2cc(C)cc(COCOC)c2OC)c1. The minimum atomic E-state index is -0.249. The highest BCUT2D eigenvalue weighted by molar-refractivity contribution is 5.89. The van der Waals surface area contributed by atoms with Crippen LogP contribution in [0.25, 0.3) is 22.3 Å². The lowest BCUT2D eigenvalue weighted by Crippen LogP contribution is -2.07. The fraction of sp³-hybridized carbons (Fsp3) is 0.457. The molecule has 0 aromatic heterocycles. The Morgan fingerprint density at radius 1 is 0.636 bits per heavy atom. The van der Waals surface area contributed by atoms with Crippen molar-refractivity contribution in [2.75, 3.05) is 55.2 Å². The van der Waals surface area contributed by atoms with Crippen molar-refractivity contribution in [3.05, 3.63) is 64.2 Å². The smallest absolute Gasteiger partial charge is 0.306 e. The average Bonchev–Trinajstić information content (AvgIpc) is 3.00. The van der Waals surface area contributed by atoms with Gasteiger partial charge in [-0.25, -0.2) is 0 Å². The second-order valence-electron chi connectivity index (χ2n) is 10.3. The number of rotatable bonds is 18. The number of aryl methyl sites for hydroxylation is 3. The predicted molar refractivity (Wildman–Crippen MR) is 169 cm³/mol. The zero-order valence-electron chi connectivity index (χ0n) is 27.3. The Bertz CT molecular complexity index is 1290. The van der Waals surface area contributed by atoms with E-state index in [1.807, 2.05) is 32.9 Å². The molecule has 44 heavy (non-hydrogen) atoms. The van der Waals surface area contributed by atoms with Crippen LogP contribution >= 0.6 is 0 Å². The van der Waals surface area contributed by atoms with Gasteiger partial charge in [0.2, 0.25) is 0 Å². The van der Waals surface area contributed by atoms with E-state index in [0.29, 0.717) is 50.1 Å². The van der Waals surface area contributed by atoms with Gasteiger partial charge in [0.1, 0.15) is 30.8 Å². The van der Waals surface area contributed by atoms with Gasteiger partial charge >= 0.3 is 5.97 Å². The van der Waals surface area contributed by atoms with E-state index in [-0.39, 0.29) is 26.0 Å². The van der Waals surface area contributed by atoms with Crippen molar-refractivity contribution in [1.82, 2.24) is 0 Å². The summed E-state index contributed by atoms with van der Waals surface area (Å²) >= 11 is 0. The van der Waals surface area contributed by atoms with Gasteiger partial charge in [-0.3, -0.25) is 4.79 Å². The number of hydrogen-bond donors (Lipinski definition) is 0. The molecule has 0 fully saturated rings. The van der Waals surface area contributed by atoms with Crippen molar-refractivity contribution >= 4 is 5.97 Å². The lowest BCUT2D eigenvalue weighted by atomic mass is 9.89. The molecule has 0 radical (unpaired) electrons. The van der Waals surface area contributed by atoms with Crippen molar-refractivity contribution in [1.29, 1.82) is 0 Å². The van der Waals surface area contributed by atoms with Crippen molar-refractivity contribution in [3.63, 3.8) is 0 Å². The Balaban J connectivity index is 2.35. The lowest BCUT2D eigenvalue weighted by molar-refractivity contribution is -0.143. The van der Waals surface area contributed by atoms with Crippen LogP contribution in [0.1, 0.15) is 48.1 Å². The standard InChI is InChI=1S/C35H46O9/c1-9-43-32(36)12-11-25-17-30(28-15-23(3)13-26(33(28)39-7)19-41-21-37-5)35(44-10-2)31(18-25)29-16-24(4)14-27(34(29)40-8)20-42-22-38-6/h13-18H,9-12,19-22H2,1-8H3. The first kappa shape index (κ1) is 34.9. The molecule has 0 spiro atoms. The highest BCUT2D eigenvalue weighted by Crippen LogP contribution is 2.48. The number of esters is 1. The van der Waals surface area contributed by atoms with Crippen LogP contribution in [0.4, 0.5) is 0 Å². The average molecular weight is 611 g/mol. The van der Waals surface area contributed by atoms with E-state index in [9.17, 15) is 4.79 Å². The van der Waals surface area contributed by atoms with E-state index >= 15 is 0 Å². The van der Waals surface area contributed by atoms with Gasteiger partial charge in [0, 0.05) is 54.0 Å². The molecule has 0 aliphatic rings. The normalized spacial score (nSPS) is 11.0. The monoisotopic (exact) mass is 610 g/mol. The summed E-state index contributed by atoms with van der Waals surface area (Å²) in [7, 11) is 6.47. The Labute approximate surface area is 261 Å². The van der Waals surface area contributed by atoms with Crippen LogP contribution in [0.3, 0.4) is 0 Å². The molecule has 0 aliphatic heterocycles. The maximum atomic E-state index is 12.4. The predicted octanol–water partition coefficient (Wildman–Crippen LogP) is 6.79. The van der Waals surface area contributed by atoms with Gasteiger partial charge in [0.05, 0.1) is 40.6 Å². The van der Waals surface area contributed by atoms with Gasteiger partial charge in [-0.05, 0) is 75.1 Å². The molecule has 0 aliphatic carbocycles. The first-order valence-corrected chi connectivity index (χ1v) is 14.8. The minimum Gasteiger partial charge on any atom is -0.496 e. The maximum Gasteiger partial charge on any atom is 0.306 e. The summed E-state index contributed by atoms with van der Waals surface area (Å²) in [4.78, 5) is 12.4. The largest absolute Gasteiger partial charge is 0.496 e. The van der Waals surface area contributed by atoms with Crippen LogP contribution in [0.5, 0.6) is 17.2 Å². The zero-order valence-corrected chi connectivity index (χ0v) is 27.3. The third-order valence-electron chi connectivity index (χ3n) is 6.89. The molecule has 0 saturated heterocycles. The highest BCUT2D eigenvalue weighted by atomic mass is 16.7. The Morgan fingerprint density at radius 3 is 1.52 bits per heavy atom. The fourth-order valence-electron chi connectivity index (χ4n) is 5.28. The van der Waals surface area contributed by atoms with Gasteiger partial charge < -0.3 is 37.9 Å².